The summed E-state index contributed by atoms with van der Waals surface area (Å²) in [6.45, 7) is 4.91. The van der Waals surface area contributed by atoms with E-state index in [2.05, 4.69) is 5.32 Å². The Kier molecular flexibility index (Phi) is 5.82. The maximum Gasteiger partial charge on any atom is 0.255 e. The molecule has 1 saturated heterocycles. The van der Waals surface area contributed by atoms with Gasteiger partial charge in [-0.25, -0.2) is 8.42 Å². The number of carbonyl (C=O) groups excluding carboxylic acids is 1. The van der Waals surface area contributed by atoms with Crippen LogP contribution in [0.3, 0.4) is 0 Å². The van der Waals surface area contributed by atoms with E-state index in [1.165, 1.54) is 16.4 Å². The monoisotopic (exact) mass is 388 g/mol. The van der Waals surface area contributed by atoms with Gasteiger partial charge in [0.05, 0.1) is 11.0 Å². The third-order valence-corrected chi connectivity index (χ3v) is 6.16. The Morgan fingerprint density at radius 2 is 1.78 bits per heavy atom. The van der Waals surface area contributed by atoms with E-state index in [0.717, 1.165) is 12.8 Å². The van der Waals surface area contributed by atoms with Gasteiger partial charge in [-0.15, -0.1) is 0 Å². The average molecular weight is 388 g/mol. The molecule has 3 rings (SSSR count). The number of benzene rings is 2. The summed E-state index contributed by atoms with van der Waals surface area (Å²) < 4.78 is 32.5. The number of rotatable bonds is 6. The molecule has 1 aliphatic heterocycles. The van der Waals surface area contributed by atoms with Crippen LogP contribution in [-0.4, -0.2) is 37.8 Å². The molecule has 6 nitrogen and oxygen atoms in total. The van der Waals surface area contributed by atoms with Crippen molar-refractivity contribution in [1.29, 1.82) is 0 Å². The first-order valence-electron chi connectivity index (χ1n) is 9.04. The highest BCUT2D eigenvalue weighted by atomic mass is 32.2. The second-order valence-corrected chi connectivity index (χ2v) is 8.73. The predicted octanol–water partition coefficient (Wildman–Crippen LogP) is 3.51. The standard InChI is InChI=1S/C20H24N2O4S/c1-15(2)26-18-9-6-8-17(14-18)21-20(23)16-7-5-10-19(13-16)27(24,25)22-11-3-4-12-22/h5-10,13-15H,3-4,11-12H2,1-2H3,(H,21,23). The number of anilines is 1. The summed E-state index contributed by atoms with van der Waals surface area (Å²) in [5.74, 6) is 0.295. The molecule has 1 aliphatic rings. The van der Waals surface area contributed by atoms with Gasteiger partial charge in [0.25, 0.3) is 5.91 Å². The highest BCUT2D eigenvalue weighted by molar-refractivity contribution is 7.89. The summed E-state index contributed by atoms with van der Waals surface area (Å²) in [4.78, 5) is 12.7. The van der Waals surface area contributed by atoms with Crippen LogP contribution in [0.4, 0.5) is 5.69 Å². The third-order valence-electron chi connectivity index (χ3n) is 4.26. The van der Waals surface area contributed by atoms with Crippen molar-refractivity contribution >= 4 is 21.6 Å². The van der Waals surface area contributed by atoms with Gasteiger partial charge in [-0.1, -0.05) is 12.1 Å². The van der Waals surface area contributed by atoms with E-state index in [-0.39, 0.29) is 16.9 Å². The fraction of sp³-hybridized carbons (Fsp3) is 0.350. The summed E-state index contributed by atoms with van der Waals surface area (Å²) in [6.07, 6.45) is 1.77. The van der Waals surface area contributed by atoms with Gasteiger partial charge in [0.1, 0.15) is 5.75 Å². The fourth-order valence-electron chi connectivity index (χ4n) is 3.00. The van der Waals surface area contributed by atoms with E-state index in [0.29, 0.717) is 30.1 Å². The van der Waals surface area contributed by atoms with Gasteiger partial charge in [-0.3, -0.25) is 4.79 Å². The van der Waals surface area contributed by atoms with E-state index < -0.39 is 10.0 Å². The van der Waals surface area contributed by atoms with Gasteiger partial charge in [0, 0.05) is 30.4 Å². The Bertz CT molecular complexity index is 919. The van der Waals surface area contributed by atoms with Crippen LogP contribution in [0.5, 0.6) is 5.75 Å². The Morgan fingerprint density at radius 3 is 2.48 bits per heavy atom. The number of ether oxygens (including phenoxy) is 1. The van der Waals surface area contributed by atoms with Gasteiger partial charge in [0.2, 0.25) is 10.0 Å². The van der Waals surface area contributed by atoms with E-state index in [1.54, 1.807) is 30.3 Å². The highest BCUT2D eigenvalue weighted by Gasteiger charge is 2.27. The second-order valence-electron chi connectivity index (χ2n) is 6.79. The van der Waals surface area contributed by atoms with Crippen LogP contribution in [-0.2, 0) is 10.0 Å². The van der Waals surface area contributed by atoms with Crippen LogP contribution >= 0.6 is 0 Å². The molecule has 0 unspecified atom stereocenters. The number of hydrogen-bond donors (Lipinski definition) is 1. The van der Waals surface area contributed by atoms with E-state index in [1.807, 2.05) is 19.9 Å². The van der Waals surface area contributed by atoms with Gasteiger partial charge >= 0.3 is 0 Å². The molecule has 7 heteroatoms. The largest absolute Gasteiger partial charge is 0.491 e. The zero-order valence-corrected chi connectivity index (χ0v) is 16.3. The lowest BCUT2D eigenvalue weighted by Crippen LogP contribution is -2.28. The smallest absolute Gasteiger partial charge is 0.255 e. The van der Waals surface area contributed by atoms with Crippen molar-refractivity contribution in [2.24, 2.45) is 0 Å². The number of hydrogen-bond acceptors (Lipinski definition) is 4. The summed E-state index contributed by atoms with van der Waals surface area (Å²) in [5.41, 5.74) is 0.886. The zero-order valence-electron chi connectivity index (χ0n) is 15.5. The average Bonchev–Trinajstić information content (AvgIpc) is 3.17. The molecule has 0 radical (unpaired) electrons. The zero-order chi connectivity index (χ0) is 19.4. The summed E-state index contributed by atoms with van der Waals surface area (Å²) in [6, 6.07) is 13.3. The summed E-state index contributed by atoms with van der Waals surface area (Å²) >= 11 is 0. The molecule has 1 heterocycles. The van der Waals surface area contributed by atoms with E-state index >= 15 is 0 Å². The molecule has 27 heavy (non-hydrogen) atoms. The molecular weight excluding hydrogens is 364 g/mol. The van der Waals surface area contributed by atoms with Crippen molar-refractivity contribution in [3.63, 3.8) is 0 Å². The Labute approximate surface area is 160 Å². The Hall–Kier alpha value is -2.38. The maximum atomic E-state index is 12.7. The Balaban J connectivity index is 1.78. The minimum atomic E-state index is -3.55. The van der Waals surface area contributed by atoms with Gasteiger partial charge < -0.3 is 10.1 Å². The maximum absolute atomic E-state index is 12.7. The normalized spacial score (nSPS) is 15.1. The lowest BCUT2D eigenvalue weighted by Gasteiger charge is -2.16. The Morgan fingerprint density at radius 1 is 1.07 bits per heavy atom. The minimum Gasteiger partial charge on any atom is -0.491 e. The predicted molar refractivity (Wildman–Crippen MR) is 105 cm³/mol. The molecule has 144 valence electrons. The molecular formula is C20H24N2O4S. The van der Waals surface area contributed by atoms with Crippen LogP contribution in [0.25, 0.3) is 0 Å². The summed E-state index contributed by atoms with van der Waals surface area (Å²) in [5, 5.41) is 2.79. The number of carbonyl (C=O) groups is 1. The van der Waals surface area contributed by atoms with Crippen molar-refractivity contribution in [2.45, 2.75) is 37.7 Å². The number of nitrogens with one attached hydrogen (secondary N) is 1. The molecule has 1 N–H and O–H groups in total. The van der Waals surface area contributed by atoms with E-state index in [4.69, 9.17) is 4.74 Å². The number of amides is 1. The highest BCUT2D eigenvalue weighted by Crippen LogP contribution is 2.23. The molecule has 0 saturated carbocycles. The van der Waals surface area contributed by atoms with Crippen LogP contribution in [0.2, 0.25) is 0 Å². The lowest BCUT2D eigenvalue weighted by molar-refractivity contribution is 0.102. The van der Waals surface area contributed by atoms with Crippen LogP contribution in [0.15, 0.2) is 53.4 Å². The molecule has 0 aliphatic carbocycles. The van der Waals surface area contributed by atoms with Crippen molar-refractivity contribution in [3.05, 3.63) is 54.1 Å². The van der Waals surface area contributed by atoms with Crippen LogP contribution in [0, 0.1) is 0 Å². The van der Waals surface area contributed by atoms with Crippen molar-refractivity contribution in [1.82, 2.24) is 4.31 Å². The topological polar surface area (TPSA) is 75.7 Å². The molecule has 2 aromatic rings. The quantitative estimate of drug-likeness (QED) is 0.822. The second kappa shape index (κ2) is 8.10. The van der Waals surface area contributed by atoms with Crippen LogP contribution < -0.4 is 10.1 Å². The first-order chi connectivity index (χ1) is 12.9. The minimum absolute atomic E-state index is 0.0310. The van der Waals surface area contributed by atoms with E-state index in [9.17, 15) is 13.2 Å². The molecule has 0 aromatic heterocycles. The molecule has 0 bridgehead atoms. The molecule has 1 amide bonds. The SMILES string of the molecule is CC(C)Oc1cccc(NC(=O)c2cccc(S(=O)(=O)N3CCCC3)c2)c1. The lowest BCUT2D eigenvalue weighted by atomic mass is 10.2. The first-order valence-corrected chi connectivity index (χ1v) is 10.5. The van der Waals surface area contributed by atoms with Crippen molar-refractivity contribution < 1.29 is 17.9 Å². The molecule has 0 atom stereocenters. The third kappa shape index (κ3) is 4.67. The van der Waals surface area contributed by atoms with Gasteiger partial charge in [0.15, 0.2) is 0 Å². The van der Waals surface area contributed by atoms with Crippen molar-refractivity contribution in [3.8, 4) is 5.75 Å². The van der Waals surface area contributed by atoms with Crippen LogP contribution in [0.1, 0.15) is 37.0 Å². The fourth-order valence-corrected chi connectivity index (χ4v) is 4.56. The molecule has 0 spiro atoms. The number of nitrogens with zero attached hydrogens (tertiary/aromatic N) is 1. The molecule has 2 aromatic carbocycles. The summed E-state index contributed by atoms with van der Waals surface area (Å²) in [7, 11) is -3.55. The first kappa shape index (κ1) is 19.4. The number of sulfonamides is 1. The van der Waals surface area contributed by atoms with Gasteiger partial charge in [-0.2, -0.15) is 4.31 Å². The van der Waals surface area contributed by atoms with Crippen molar-refractivity contribution in [2.75, 3.05) is 18.4 Å². The molecule has 1 fully saturated rings. The van der Waals surface area contributed by atoms with Gasteiger partial charge in [-0.05, 0) is 57.0 Å².